The van der Waals surface area contributed by atoms with E-state index in [0.29, 0.717) is 23.5 Å². The molecule has 0 aliphatic rings. The molecule has 106 valence electrons. The fourth-order valence-electron chi connectivity index (χ4n) is 2.17. The summed E-state index contributed by atoms with van der Waals surface area (Å²) < 4.78 is 0. The van der Waals surface area contributed by atoms with Crippen LogP contribution in [0, 0.1) is 0 Å². The first-order valence-electron chi connectivity index (χ1n) is 6.20. The van der Waals surface area contributed by atoms with Crippen LogP contribution in [0.25, 0.3) is 11.1 Å². The molecular weight excluding hydrogens is 334 g/mol. The molecule has 0 aromatic heterocycles. The minimum Gasteiger partial charge on any atom is -0.122 e. The maximum atomic E-state index is 5.95. The fraction of sp³-hybridized carbons (Fsp3) is 0.250. The van der Waals surface area contributed by atoms with E-state index < -0.39 is 0 Å². The molecule has 0 fully saturated rings. The van der Waals surface area contributed by atoms with E-state index in [1.165, 1.54) is 0 Å². The van der Waals surface area contributed by atoms with Gasteiger partial charge in [0.05, 0.1) is 0 Å². The van der Waals surface area contributed by atoms with Crippen molar-refractivity contribution in [1.82, 2.24) is 0 Å². The van der Waals surface area contributed by atoms with Crippen LogP contribution in [-0.2, 0) is 23.5 Å². The molecule has 4 heteroatoms. The molecule has 0 N–H and O–H groups in total. The van der Waals surface area contributed by atoms with Crippen LogP contribution in [0.4, 0.5) is 0 Å². The Morgan fingerprint density at radius 1 is 0.450 bits per heavy atom. The van der Waals surface area contributed by atoms with Gasteiger partial charge in [0.1, 0.15) is 0 Å². The summed E-state index contributed by atoms with van der Waals surface area (Å²) in [6, 6.07) is 12.4. The van der Waals surface area contributed by atoms with Crippen LogP contribution in [0.5, 0.6) is 0 Å². The summed E-state index contributed by atoms with van der Waals surface area (Å²) in [5.74, 6) is 1.87. The topological polar surface area (TPSA) is 0 Å². The monoisotopic (exact) mass is 346 g/mol. The summed E-state index contributed by atoms with van der Waals surface area (Å²) in [5.41, 5.74) is 6.42. The van der Waals surface area contributed by atoms with Gasteiger partial charge in [-0.15, -0.1) is 46.4 Å². The molecule has 0 aliphatic carbocycles. The van der Waals surface area contributed by atoms with Crippen molar-refractivity contribution in [1.29, 1.82) is 0 Å². The van der Waals surface area contributed by atoms with Crippen LogP contribution in [0.2, 0.25) is 0 Å². The summed E-state index contributed by atoms with van der Waals surface area (Å²) in [6.45, 7) is 0. The first kappa shape index (κ1) is 16.0. The second kappa shape index (κ2) is 7.56. The molecule has 0 bridgehead atoms. The highest BCUT2D eigenvalue weighted by atomic mass is 35.5. The highest BCUT2D eigenvalue weighted by Crippen LogP contribution is 2.27. The Kier molecular flexibility index (Phi) is 6.04. The van der Waals surface area contributed by atoms with Gasteiger partial charge in [0, 0.05) is 23.5 Å². The predicted octanol–water partition coefficient (Wildman–Crippen LogP) is 6.31. The smallest absolute Gasteiger partial charge is 0.0474 e. The Hall–Kier alpha value is -0.400. The van der Waals surface area contributed by atoms with Crippen molar-refractivity contribution in [3.63, 3.8) is 0 Å². The Morgan fingerprint density at radius 3 is 0.900 bits per heavy atom. The van der Waals surface area contributed by atoms with Crippen molar-refractivity contribution in [2.75, 3.05) is 0 Å². The minimum absolute atomic E-state index is 0.468. The zero-order chi connectivity index (χ0) is 14.5. The van der Waals surface area contributed by atoms with Gasteiger partial charge >= 0.3 is 0 Å². The van der Waals surface area contributed by atoms with E-state index >= 15 is 0 Å². The highest BCUT2D eigenvalue weighted by Gasteiger charge is 2.06. The molecule has 0 radical (unpaired) electrons. The van der Waals surface area contributed by atoms with Crippen LogP contribution in [-0.4, -0.2) is 0 Å². The molecule has 0 saturated heterocycles. The molecule has 0 saturated carbocycles. The Labute approximate surface area is 139 Å². The molecule has 0 heterocycles. The number of benzene rings is 2. The summed E-state index contributed by atoms with van der Waals surface area (Å²) in [7, 11) is 0. The number of rotatable bonds is 5. The van der Waals surface area contributed by atoms with Crippen molar-refractivity contribution in [3.05, 3.63) is 58.7 Å². The lowest BCUT2D eigenvalue weighted by atomic mass is 9.97. The largest absolute Gasteiger partial charge is 0.122 e. The van der Waals surface area contributed by atoms with E-state index in [0.717, 1.165) is 33.4 Å². The van der Waals surface area contributed by atoms with Crippen molar-refractivity contribution in [3.8, 4) is 11.1 Å². The molecule has 2 aromatic carbocycles. The summed E-state index contributed by atoms with van der Waals surface area (Å²) >= 11 is 23.8. The van der Waals surface area contributed by atoms with E-state index in [4.69, 9.17) is 46.4 Å². The first-order chi connectivity index (χ1) is 9.69. The average molecular weight is 348 g/mol. The number of alkyl halides is 4. The summed E-state index contributed by atoms with van der Waals surface area (Å²) in [4.78, 5) is 0. The van der Waals surface area contributed by atoms with Gasteiger partial charge in [0.15, 0.2) is 0 Å². The second-order valence-corrected chi connectivity index (χ2v) is 5.68. The normalized spacial score (nSPS) is 10.8. The number of hydrogen-bond donors (Lipinski definition) is 0. The second-order valence-electron chi connectivity index (χ2n) is 4.61. The maximum absolute atomic E-state index is 5.95. The zero-order valence-electron chi connectivity index (χ0n) is 10.8. The van der Waals surface area contributed by atoms with Crippen LogP contribution in [0.15, 0.2) is 36.4 Å². The number of halogens is 4. The predicted molar refractivity (Wildman–Crippen MR) is 90.1 cm³/mol. The van der Waals surface area contributed by atoms with E-state index in [1.54, 1.807) is 0 Å². The maximum Gasteiger partial charge on any atom is 0.0474 e. The molecule has 2 rings (SSSR count). The Balaban J connectivity index is 2.54. The Bertz CT molecular complexity index is 495. The SMILES string of the molecule is ClCc1cc(CCl)cc(-c2cc(CCl)cc(CCl)c2)c1. The van der Waals surface area contributed by atoms with Crippen LogP contribution in [0.1, 0.15) is 22.3 Å². The summed E-state index contributed by atoms with van der Waals surface area (Å²) in [6.07, 6.45) is 0. The van der Waals surface area contributed by atoms with Crippen molar-refractivity contribution in [2.45, 2.75) is 23.5 Å². The van der Waals surface area contributed by atoms with Crippen molar-refractivity contribution < 1.29 is 0 Å². The standard InChI is InChI=1S/C16H14Cl4/c17-7-11-1-12(8-18)4-15(3-11)16-5-13(9-19)2-14(6-16)10-20/h1-6H,7-10H2. The van der Waals surface area contributed by atoms with Gasteiger partial charge < -0.3 is 0 Å². The van der Waals surface area contributed by atoms with Gasteiger partial charge in [-0.25, -0.2) is 0 Å². The Morgan fingerprint density at radius 2 is 0.700 bits per heavy atom. The van der Waals surface area contributed by atoms with Crippen LogP contribution < -0.4 is 0 Å². The third-order valence-corrected chi connectivity index (χ3v) is 4.29. The quantitative estimate of drug-likeness (QED) is 0.556. The van der Waals surface area contributed by atoms with Gasteiger partial charge in [0.2, 0.25) is 0 Å². The van der Waals surface area contributed by atoms with E-state index in [2.05, 4.69) is 24.3 Å². The average Bonchev–Trinajstić information content (AvgIpc) is 2.53. The molecule has 0 atom stereocenters. The lowest BCUT2D eigenvalue weighted by Gasteiger charge is -2.10. The van der Waals surface area contributed by atoms with E-state index in [-0.39, 0.29) is 0 Å². The molecular formula is C16H14Cl4. The highest BCUT2D eigenvalue weighted by molar-refractivity contribution is 6.18. The molecule has 2 aromatic rings. The molecule has 0 unspecified atom stereocenters. The lowest BCUT2D eigenvalue weighted by Crippen LogP contribution is -1.90. The van der Waals surface area contributed by atoms with Crippen molar-refractivity contribution in [2.24, 2.45) is 0 Å². The third kappa shape index (κ3) is 3.83. The van der Waals surface area contributed by atoms with Gasteiger partial charge in [-0.3, -0.25) is 0 Å². The molecule has 20 heavy (non-hydrogen) atoms. The summed E-state index contributed by atoms with van der Waals surface area (Å²) in [5, 5.41) is 0. The van der Waals surface area contributed by atoms with Crippen molar-refractivity contribution >= 4 is 46.4 Å². The van der Waals surface area contributed by atoms with Gasteiger partial charge in [0.25, 0.3) is 0 Å². The molecule has 0 nitrogen and oxygen atoms in total. The van der Waals surface area contributed by atoms with Crippen LogP contribution >= 0.6 is 46.4 Å². The minimum atomic E-state index is 0.468. The fourth-order valence-corrected chi connectivity index (χ4v) is 2.78. The van der Waals surface area contributed by atoms with Gasteiger partial charge in [-0.05, 0) is 57.6 Å². The molecule has 0 aliphatic heterocycles. The van der Waals surface area contributed by atoms with Gasteiger partial charge in [-0.1, -0.05) is 12.1 Å². The first-order valence-corrected chi connectivity index (χ1v) is 8.34. The third-order valence-electron chi connectivity index (χ3n) is 3.06. The number of hydrogen-bond acceptors (Lipinski definition) is 0. The zero-order valence-corrected chi connectivity index (χ0v) is 13.8. The van der Waals surface area contributed by atoms with Crippen LogP contribution in [0.3, 0.4) is 0 Å². The molecule has 0 spiro atoms. The lowest BCUT2D eigenvalue weighted by molar-refractivity contribution is 1.29. The van der Waals surface area contributed by atoms with E-state index in [1.807, 2.05) is 12.1 Å². The molecule has 0 amide bonds. The van der Waals surface area contributed by atoms with E-state index in [9.17, 15) is 0 Å². The van der Waals surface area contributed by atoms with Gasteiger partial charge in [-0.2, -0.15) is 0 Å².